The molecule has 0 atom stereocenters. The van der Waals surface area contributed by atoms with Crippen molar-refractivity contribution in [2.75, 3.05) is 11.9 Å². The fourth-order valence-corrected chi connectivity index (χ4v) is 1.06. The van der Waals surface area contributed by atoms with Gasteiger partial charge in [-0.2, -0.15) is 0 Å². The highest BCUT2D eigenvalue weighted by atomic mass is 16.1. The van der Waals surface area contributed by atoms with E-state index in [2.05, 4.69) is 17.2 Å². The summed E-state index contributed by atoms with van der Waals surface area (Å²) in [7, 11) is 0. The number of rotatable bonds is 2. The lowest BCUT2D eigenvalue weighted by molar-refractivity contribution is 1.11. The molecule has 65 valence electrons. The number of H-pyrrole nitrogens is 1. The highest BCUT2D eigenvalue weighted by Gasteiger charge is 2.01. The van der Waals surface area contributed by atoms with Gasteiger partial charge in [-0.25, -0.2) is 0 Å². The Labute approximate surface area is 71.8 Å². The van der Waals surface area contributed by atoms with Crippen molar-refractivity contribution in [3.05, 3.63) is 34.6 Å². The van der Waals surface area contributed by atoms with E-state index in [0.717, 1.165) is 17.9 Å². The van der Waals surface area contributed by atoms with Gasteiger partial charge in [-0.1, -0.05) is 0 Å². The maximum Gasteiger partial charge on any atom is 0.253 e. The van der Waals surface area contributed by atoms with Gasteiger partial charge in [0.15, 0.2) is 0 Å². The largest absolute Gasteiger partial charge is 0.385 e. The smallest absolute Gasteiger partial charge is 0.253 e. The zero-order chi connectivity index (χ0) is 9.14. The van der Waals surface area contributed by atoms with Crippen LogP contribution in [-0.4, -0.2) is 11.5 Å². The van der Waals surface area contributed by atoms with Crippen molar-refractivity contribution in [3.63, 3.8) is 0 Å². The van der Waals surface area contributed by atoms with Crippen LogP contribution in [0.5, 0.6) is 0 Å². The molecule has 1 heterocycles. The van der Waals surface area contributed by atoms with Gasteiger partial charge in [-0.05, 0) is 26.8 Å². The molecule has 3 heteroatoms. The maximum atomic E-state index is 11.2. The van der Waals surface area contributed by atoms with Crippen LogP contribution in [-0.2, 0) is 0 Å². The zero-order valence-corrected chi connectivity index (χ0v) is 7.40. The van der Waals surface area contributed by atoms with Crippen molar-refractivity contribution in [2.45, 2.75) is 13.8 Å². The molecule has 1 aromatic heterocycles. The number of hydrogen-bond donors (Lipinski definition) is 2. The number of aromatic nitrogens is 1. The minimum Gasteiger partial charge on any atom is -0.385 e. The number of aromatic amines is 1. The van der Waals surface area contributed by atoms with Gasteiger partial charge in [0, 0.05) is 23.5 Å². The van der Waals surface area contributed by atoms with Crippen LogP contribution in [0.1, 0.15) is 18.2 Å². The van der Waals surface area contributed by atoms with E-state index in [4.69, 9.17) is 0 Å². The monoisotopic (exact) mass is 165 g/mol. The Morgan fingerprint density at radius 2 is 2.33 bits per heavy atom. The van der Waals surface area contributed by atoms with Crippen LogP contribution in [0.4, 0.5) is 5.69 Å². The summed E-state index contributed by atoms with van der Waals surface area (Å²) in [6.45, 7) is 8.30. The second-order valence-electron chi connectivity index (χ2n) is 2.70. The molecule has 3 nitrogen and oxygen atoms in total. The summed E-state index contributed by atoms with van der Waals surface area (Å²) >= 11 is 0. The standard InChI is InChI=1S/C9H13N2O/c1-4-10-8-5-6(2)11-9(12)7(8)3/h5H,3-4H2,1-2H3,(H2,10,11,12). The molecule has 0 aliphatic rings. The van der Waals surface area contributed by atoms with E-state index in [1.165, 1.54) is 0 Å². The van der Waals surface area contributed by atoms with Gasteiger partial charge in [-0.3, -0.25) is 4.79 Å². The van der Waals surface area contributed by atoms with Crippen LogP contribution in [0.2, 0.25) is 0 Å². The summed E-state index contributed by atoms with van der Waals surface area (Å²) in [5, 5.41) is 3.07. The summed E-state index contributed by atoms with van der Waals surface area (Å²) in [6, 6.07) is 1.88. The minimum atomic E-state index is -0.119. The highest BCUT2D eigenvalue weighted by Crippen LogP contribution is 2.09. The molecule has 2 N–H and O–H groups in total. The molecule has 0 aliphatic carbocycles. The molecule has 0 bridgehead atoms. The van der Waals surface area contributed by atoms with Gasteiger partial charge in [0.1, 0.15) is 0 Å². The second-order valence-corrected chi connectivity index (χ2v) is 2.70. The Morgan fingerprint density at radius 3 is 2.92 bits per heavy atom. The molecule has 0 aliphatic heterocycles. The number of aryl methyl sites for hydroxylation is 1. The van der Waals surface area contributed by atoms with Crippen LogP contribution in [0.25, 0.3) is 0 Å². The molecule has 0 fully saturated rings. The van der Waals surface area contributed by atoms with Gasteiger partial charge in [0.05, 0.1) is 0 Å². The van der Waals surface area contributed by atoms with Crippen LogP contribution >= 0.6 is 0 Å². The lowest BCUT2D eigenvalue weighted by atomic mass is 10.2. The summed E-state index contributed by atoms with van der Waals surface area (Å²) in [5.41, 5.74) is 2.05. The molecule has 0 spiro atoms. The van der Waals surface area contributed by atoms with Gasteiger partial charge in [-0.15, -0.1) is 0 Å². The highest BCUT2D eigenvalue weighted by molar-refractivity contribution is 5.52. The molecule has 1 aromatic rings. The number of anilines is 1. The molecule has 0 unspecified atom stereocenters. The lowest BCUT2D eigenvalue weighted by Gasteiger charge is -2.06. The molecular formula is C9H13N2O. The van der Waals surface area contributed by atoms with Crippen molar-refractivity contribution in [2.24, 2.45) is 0 Å². The average molecular weight is 165 g/mol. The van der Waals surface area contributed by atoms with Crippen LogP contribution in [0, 0.1) is 13.8 Å². The van der Waals surface area contributed by atoms with Gasteiger partial charge >= 0.3 is 0 Å². The number of pyridine rings is 1. The molecule has 0 saturated heterocycles. The maximum absolute atomic E-state index is 11.2. The van der Waals surface area contributed by atoms with Crippen LogP contribution in [0.15, 0.2) is 10.9 Å². The van der Waals surface area contributed by atoms with Gasteiger partial charge in [0.25, 0.3) is 5.56 Å². The van der Waals surface area contributed by atoms with E-state index in [0.29, 0.717) is 5.56 Å². The Hall–Kier alpha value is -1.25. The van der Waals surface area contributed by atoms with Crippen LogP contribution < -0.4 is 10.9 Å². The van der Waals surface area contributed by atoms with Crippen molar-refractivity contribution in [1.29, 1.82) is 0 Å². The molecule has 0 aromatic carbocycles. The Kier molecular flexibility index (Phi) is 2.53. The predicted molar refractivity (Wildman–Crippen MR) is 50.4 cm³/mol. The first-order chi connectivity index (χ1) is 5.65. The Bertz CT molecular complexity index is 328. The fraction of sp³-hybridized carbons (Fsp3) is 0.333. The normalized spacial score (nSPS) is 9.92. The minimum absolute atomic E-state index is 0.119. The van der Waals surface area contributed by atoms with Crippen molar-refractivity contribution < 1.29 is 0 Å². The fourth-order valence-electron chi connectivity index (χ4n) is 1.06. The quantitative estimate of drug-likeness (QED) is 0.693. The Morgan fingerprint density at radius 1 is 1.67 bits per heavy atom. The number of nitrogens with one attached hydrogen (secondary N) is 2. The van der Waals surface area contributed by atoms with Gasteiger partial charge < -0.3 is 10.3 Å². The molecule has 12 heavy (non-hydrogen) atoms. The van der Waals surface area contributed by atoms with Crippen molar-refractivity contribution in [3.8, 4) is 0 Å². The van der Waals surface area contributed by atoms with E-state index >= 15 is 0 Å². The predicted octanol–water partition coefficient (Wildman–Crippen LogP) is 1.30. The summed E-state index contributed by atoms with van der Waals surface area (Å²) in [6.07, 6.45) is 0. The van der Waals surface area contributed by atoms with Gasteiger partial charge in [0.2, 0.25) is 0 Å². The number of hydrogen-bond acceptors (Lipinski definition) is 2. The molecule has 1 radical (unpaired) electrons. The molecule has 0 amide bonds. The lowest BCUT2D eigenvalue weighted by Crippen LogP contribution is -2.14. The van der Waals surface area contributed by atoms with E-state index in [1.54, 1.807) is 0 Å². The first-order valence-corrected chi connectivity index (χ1v) is 3.95. The van der Waals surface area contributed by atoms with E-state index in [1.807, 2.05) is 19.9 Å². The third-order valence-corrected chi connectivity index (χ3v) is 1.64. The first-order valence-electron chi connectivity index (χ1n) is 3.95. The SMILES string of the molecule is [CH2]c1c(NCC)cc(C)[nH]c1=O. The molecule has 0 saturated carbocycles. The summed E-state index contributed by atoms with van der Waals surface area (Å²) in [4.78, 5) is 13.9. The molecule has 1 rings (SSSR count). The second kappa shape index (κ2) is 3.43. The summed E-state index contributed by atoms with van der Waals surface area (Å²) < 4.78 is 0. The molecular weight excluding hydrogens is 152 g/mol. The Balaban J connectivity index is 3.18. The van der Waals surface area contributed by atoms with E-state index in [9.17, 15) is 4.79 Å². The van der Waals surface area contributed by atoms with E-state index in [-0.39, 0.29) is 5.56 Å². The van der Waals surface area contributed by atoms with Crippen LogP contribution in [0.3, 0.4) is 0 Å². The third-order valence-electron chi connectivity index (χ3n) is 1.64. The first kappa shape index (κ1) is 8.84. The zero-order valence-electron chi connectivity index (χ0n) is 7.40. The topological polar surface area (TPSA) is 44.9 Å². The van der Waals surface area contributed by atoms with Crippen molar-refractivity contribution >= 4 is 5.69 Å². The van der Waals surface area contributed by atoms with Crippen molar-refractivity contribution in [1.82, 2.24) is 4.98 Å². The summed E-state index contributed by atoms with van der Waals surface area (Å²) in [5.74, 6) is 0. The third kappa shape index (κ3) is 1.67. The average Bonchev–Trinajstić information content (AvgIpc) is 2.00. The van der Waals surface area contributed by atoms with E-state index < -0.39 is 0 Å².